The van der Waals surface area contributed by atoms with Crippen LogP contribution < -0.4 is 16.0 Å². The Morgan fingerprint density at radius 3 is 2.47 bits per heavy atom. The summed E-state index contributed by atoms with van der Waals surface area (Å²) >= 11 is 6.52. The molecule has 0 saturated carbocycles. The molecule has 3 N–H and O–H groups in total. The minimum absolute atomic E-state index is 0.0908. The summed E-state index contributed by atoms with van der Waals surface area (Å²) in [5.74, 6) is 0.727. The fourth-order valence-corrected chi connectivity index (χ4v) is 3.80. The number of carbonyl (C=O) groups is 1. The topological polar surface area (TPSA) is 84.0 Å². The lowest BCUT2D eigenvalue weighted by Crippen LogP contribution is -2.48. The molecule has 0 unspecified atom stereocenters. The second-order valence-corrected chi connectivity index (χ2v) is 8.91. The minimum Gasteiger partial charge on any atom is -0.444 e. The van der Waals surface area contributed by atoms with E-state index in [9.17, 15) is 4.79 Å². The first-order chi connectivity index (χ1) is 14.3. The zero-order chi connectivity index (χ0) is 22.0. The van der Waals surface area contributed by atoms with Gasteiger partial charge in [-0.1, -0.05) is 29.8 Å². The molecule has 1 heterocycles. The van der Waals surface area contributed by atoms with Gasteiger partial charge >= 0.3 is 6.09 Å². The van der Waals surface area contributed by atoms with Gasteiger partial charge < -0.3 is 25.4 Å². The van der Waals surface area contributed by atoms with Gasteiger partial charge in [-0.3, -0.25) is 4.99 Å². The van der Waals surface area contributed by atoms with E-state index in [1.807, 2.05) is 39.0 Å². The predicted molar refractivity (Wildman–Crippen MR) is 121 cm³/mol. The number of guanidine groups is 1. The molecule has 2 rings (SSSR count). The van der Waals surface area contributed by atoms with Crippen LogP contribution >= 0.6 is 11.6 Å². The maximum absolute atomic E-state index is 11.7. The van der Waals surface area contributed by atoms with E-state index in [0.29, 0.717) is 13.1 Å². The summed E-state index contributed by atoms with van der Waals surface area (Å²) in [6.45, 7) is 8.89. The van der Waals surface area contributed by atoms with E-state index in [4.69, 9.17) is 21.1 Å². The second kappa shape index (κ2) is 11.4. The molecule has 1 aromatic carbocycles. The number of carbonyl (C=O) groups excluding carboxylic acids is 1. The van der Waals surface area contributed by atoms with Crippen LogP contribution in [-0.4, -0.2) is 57.5 Å². The largest absolute Gasteiger partial charge is 0.444 e. The van der Waals surface area contributed by atoms with Gasteiger partial charge in [0.2, 0.25) is 0 Å². The van der Waals surface area contributed by atoms with Crippen molar-refractivity contribution in [1.29, 1.82) is 0 Å². The highest BCUT2D eigenvalue weighted by atomic mass is 35.5. The highest BCUT2D eigenvalue weighted by Crippen LogP contribution is 2.38. The number of nitrogens with one attached hydrogen (secondary N) is 3. The molecule has 1 fully saturated rings. The Morgan fingerprint density at radius 2 is 1.83 bits per heavy atom. The van der Waals surface area contributed by atoms with Crippen LogP contribution in [0.1, 0.15) is 45.6 Å². The third-order valence-electron chi connectivity index (χ3n) is 5.03. The molecule has 8 heteroatoms. The van der Waals surface area contributed by atoms with Crippen LogP contribution in [0.4, 0.5) is 4.79 Å². The van der Waals surface area contributed by atoms with E-state index in [1.54, 1.807) is 7.05 Å². The Bertz CT molecular complexity index is 713. The lowest BCUT2D eigenvalue weighted by atomic mass is 9.74. The molecule has 1 aliphatic rings. The molecule has 1 aliphatic heterocycles. The highest BCUT2D eigenvalue weighted by molar-refractivity contribution is 6.31. The molecule has 168 valence electrons. The normalized spacial score (nSPS) is 16.6. The van der Waals surface area contributed by atoms with E-state index < -0.39 is 11.7 Å². The summed E-state index contributed by atoms with van der Waals surface area (Å²) < 4.78 is 10.8. The second-order valence-electron chi connectivity index (χ2n) is 8.51. The van der Waals surface area contributed by atoms with Crippen LogP contribution in [0, 0.1) is 0 Å². The molecule has 0 spiro atoms. The third-order valence-corrected chi connectivity index (χ3v) is 5.36. The molecule has 0 atom stereocenters. The lowest BCUT2D eigenvalue weighted by Gasteiger charge is -2.38. The van der Waals surface area contributed by atoms with Gasteiger partial charge in [0.1, 0.15) is 5.60 Å². The van der Waals surface area contributed by atoms with Gasteiger partial charge in [-0.2, -0.15) is 0 Å². The number of rotatable bonds is 7. The monoisotopic (exact) mass is 438 g/mol. The quantitative estimate of drug-likeness (QED) is 0.345. The fourth-order valence-electron chi connectivity index (χ4n) is 3.47. The van der Waals surface area contributed by atoms with Crippen molar-refractivity contribution in [3.63, 3.8) is 0 Å². The van der Waals surface area contributed by atoms with E-state index in [0.717, 1.165) is 55.6 Å². The SMILES string of the molecule is CN=C(NCCCNC(=O)OC(C)(C)C)NCC1(c2ccccc2Cl)CCOCC1. The first kappa shape index (κ1) is 24.3. The fraction of sp³-hybridized carbons (Fsp3) is 0.636. The summed E-state index contributed by atoms with van der Waals surface area (Å²) in [5, 5.41) is 10.3. The zero-order valence-corrected chi connectivity index (χ0v) is 19.3. The molecule has 1 aromatic rings. The molecule has 0 aliphatic carbocycles. The van der Waals surface area contributed by atoms with Gasteiger partial charge in [-0.25, -0.2) is 4.79 Å². The summed E-state index contributed by atoms with van der Waals surface area (Å²) in [6, 6.07) is 8.04. The lowest BCUT2D eigenvalue weighted by molar-refractivity contribution is 0.0512. The van der Waals surface area contributed by atoms with Crippen molar-refractivity contribution in [2.24, 2.45) is 4.99 Å². The number of hydrogen-bond acceptors (Lipinski definition) is 4. The van der Waals surface area contributed by atoms with Gasteiger partial charge in [0.15, 0.2) is 5.96 Å². The van der Waals surface area contributed by atoms with Gasteiger partial charge in [0.05, 0.1) is 0 Å². The maximum atomic E-state index is 11.7. The minimum atomic E-state index is -0.490. The van der Waals surface area contributed by atoms with Crippen LogP contribution in [0.3, 0.4) is 0 Å². The van der Waals surface area contributed by atoms with Gasteiger partial charge in [-0.15, -0.1) is 0 Å². The van der Waals surface area contributed by atoms with E-state index >= 15 is 0 Å². The average Bonchev–Trinajstić information content (AvgIpc) is 2.69. The standard InChI is InChI=1S/C22H35ClN4O3/c1-21(2,3)30-20(28)26-13-7-12-25-19(24-4)27-16-22(10-14-29-15-11-22)17-8-5-6-9-18(17)23/h5-6,8-9H,7,10-16H2,1-4H3,(H,26,28)(H2,24,25,27). The molecule has 7 nitrogen and oxygen atoms in total. The highest BCUT2D eigenvalue weighted by Gasteiger charge is 2.36. The van der Waals surface area contributed by atoms with Crippen LogP contribution in [0.25, 0.3) is 0 Å². The average molecular weight is 439 g/mol. The van der Waals surface area contributed by atoms with Crippen LogP contribution in [-0.2, 0) is 14.9 Å². The molecule has 1 saturated heterocycles. The van der Waals surface area contributed by atoms with E-state index in [1.165, 1.54) is 0 Å². The first-order valence-electron chi connectivity index (χ1n) is 10.5. The maximum Gasteiger partial charge on any atom is 0.407 e. The number of ether oxygens (including phenoxy) is 2. The number of aliphatic imine (C=N–C) groups is 1. The Labute approximate surface area is 185 Å². The van der Waals surface area contributed by atoms with E-state index in [2.05, 4.69) is 27.0 Å². The van der Waals surface area contributed by atoms with Gasteiger partial charge in [-0.05, 0) is 51.7 Å². The molecule has 1 amide bonds. The summed E-state index contributed by atoms with van der Waals surface area (Å²) in [4.78, 5) is 16.0. The number of hydrogen-bond donors (Lipinski definition) is 3. The van der Waals surface area contributed by atoms with Gasteiger partial charge in [0, 0.05) is 50.3 Å². The smallest absolute Gasteiger partial charge is 0.407 e. The molecular formula is C22H35ClN4O3. The Morgan fingerprint density at radius 1 is 1.17 bits per heavy atom. The van der Waals surface area contributed by atoms with Gasteiger partial charge in [0.25, 0.3) is 0 Å². The number of halogens is 1. The van der Waals surface area contributed by atoms with E-state index in [-0.39, 0.29) is 5.41 Å². The molecule has 0 aromatic heterocycles. The van der Waals surface area contributed by atoms with Crippen molar-refractivity contribution in [2.75, 3.05) is 39.9 Å². The number of alkyl carbamates (subject to hydrolysis) is 1. The summed E-state index contributed by atoms with van der Waals surface area (Å²) in [7, 11) is 1.75. The molecule has 0 bridgehead atoms. The Kier molecular flexibility index (Phi) is 9.24. The number of benzene rings is 1. The van der Waals surface area contributed by atoms with Crippen LogP contribution in [0.15, 0.2) is 29.3 Å². The Balaban J connectivity index is 1.82. The van der Waals surface area contributed by atoms with Crippen molar-refractivity contribution in [1.82, 2.24) is 16.0 Å². The van der Waals surface area contributed by atoms with Crippen molar-refractivity contribution in [3.8, 4) is 0 Å². The molecule has 0 radical (unpaired) electrons. The van der Waals surface area contributed by atoms with Crippen LogP contribution in [0.5, 0.6) is 0 Å². The van der Waals surface area contributed by atoms with Crippen LogP contribution in [0.2, 0.25) is 5.02 Å². The van der Waals surface area contributed by atoms with Crippen molar-refractivity contribution >= 4 is 23.7 Å². The summed E-state index contributed by atoms with van der Waals surface area (Å²) in [6.07, 6.45) is 2.16. The predicted octanol–water partition coefficient (Wildman–Crippen LogP) is 3.47. The molecular weight excluding hydrogens is 404 g/mol. The molecule has 30 heavy (non-hydrogen) atoms. The van der Waals surface area contributed by atoms with Crippen molar-refractivity contribution < 1.29 is 14.3 Å². The number of amides is 1. The zero-order valence-electron chi connectivity index (χ0n) is 18.5. The third kappa shape index (κ3) is 7.69. The first-order valence-corrected chi connectivity index (χ1v) is 10.9. The van der Waals surface area contributed by atoms with Crippen molar-refractivity contribution in [2.45, 2.75) is 51.0 Å². The summed E-state index contributed by atoms with van der Waals surface area (Å²) in [5.41, 5.74) is 0.571. The van der Waals surface area contributed by atoms with Crippen molar-refractivity contribution in [3.05, 3.63) is 34.9 Å². The number of nitrogens with zero attached hydrogens (tertiary/aromatic N) is 1. The Hall–Kier alpha value is -1.99.